The molecule has 0 aromatic heterocycles. The number of carboxylic acids is 1. The lowest BCUT2D eigenvalue weighted by Crippen LogP contribution is -2.29. The first-order valence-corrected chi connectivity index (χ1v) is 7.35. The molecule has 2 rings (SSSR count). The molecule has 20 heavy (non-hydrogen) atoms. The van der Waals surface area contributed by atoms with E-state index in [0.717, 1.165) is 37.9 Å². The lowest BCUT2D eigenvalue weighted by atomic mass is 10.1. The van der Waals surface area contributed by atoms with Gasteiger partial charge in [-0.25, -0.2) is 4.39 Å². The van der Waals surface area contributed by atoms with E-state index in [9.17, 15) is 9.18 Å². The second-order valence-electron chi connectivity index (χ2n) is 5.49. The van der Waals surface area contributed by atoms with Crippen molar-refractivity contribution in [3.05, 3.63) is 35.6 Å². The minimum atomic E-state index is -0.714. The summed E-state index contributed by atoms with van der Waals surface area (Å²) in [5, 5.41) is 8.63. The van der Waals surface area contributed by atoms with Crippen LogP contribution < -0.4 is 0 Å². The van der Waals surface area contributed by atoms with Crippen molar-refractivity contribution in [2.75, 3.05) is 13.1 Å². The third-order valence-electron chi connectivity index (χ3n) is 3.75. The summed E-state index contributed by atoms with van der Waals surface area (Å²) in [5.74, 6) is -0.907. The number of nitrogens with zero attached hydrogens (tertiary/aromatic N) is 1. The largest absolute Gasteiger partial charge is 0.481 e. The maximum atomic E-state index is 12.8. The number of benzene rings is 1. The van der Waals surface area contributed by atoms with E-state index in [2.05, 4.69) is 4.90 Å². The summed E-state index contributed by atoms with van der Waals surface area (Å²) >= 11 is 0. The number of halogens is 1. The van der Waals surface area contributed by atoms with Crippen molar-refractivity contribution in [2.45, 2.75) is 44.6 Å². The Morgan fingerprint density at radius 3 is 2.50 bits per heavy atom. The average molecular weight is 279 g/mol. The van der Waals surface area contributed by atoms with E-state index < -0.39 is 5.97 Å². The maximum Gasteiger partial charge on any atom is 0.303 e. The third kappa shape index (κ3) is 5.29. The van der Waals surface area contributed by atoms with Gasteiger partial charge in [-0.2, -0.15) is 0 Å². The predicted molar refractivity (Wildman–Crippen MR) is 76.2 cm³/mol. The molecule has 0 unspecified atom stereocenters. The van der Waals surface area contributed by atoms with Crippen LogP contribution in [0.2, 0.25) is 0 Å². The molecule has 1 N–H and O–H groups in total. The molecule has 1 aromatic rings. The predicted octanol–water partition coefficient (Wildman–Crippen LogP) is 3.09. The molecule has 110 valence electrons. The van der Waals surface area contributed by atoms with E-state index in [0.29, 0.717) is 6.04 Å². The van der Waals surface area contributed by atoms with Gasteiger partial charge in [0.05, 0.1) is 0 Å². The van der Waals surface area contributed by atoms with Gasteiger partial charge in [-0.15, -0.1) is 0 Å². The van der Waals surface area contributed by atoms with Crippen LogP contribution in [0.25, 0.3) is 0 Å². The minimum Gasteiger partial charge on any atom is -0.481 e. The highest BCUT2D eigenvalue weighted by Gasteiger charge is 2.28. The monoisotopic (exact) mass is 279 g/mol. The molecule has 0 radical (unpaired) electrons. The van der Waals surface area contributed by atoms with Crippen LogP contribution in [0.4, 0.5) is 4.39 Å². The number of rotatable bonds is 9. The molecule has 1 aromatic carbocycles. The molecule has 0 atom stereocenters. The number of aliphatic carboxylic acids is 1. The van der Waals surface area contributed by atoms with Crippen LogP contribution >= 0.6 is 0 Å². The highest BCUT2D eigenvalue weighted by atomic mass is 19.1. The zero-order chi connectivity index (χ0) is 14.4. The first-order valence-electron chi connectivity index (χ1n) is 7.35. The first-order chi connectivity index (χ1) is 9.65. The topological polar surface area (TPSA) is 40.5 Å². The molecule has 0 saturated heterocycles. The number of unbranched alkanes of at least 4 members (excludes halogenated alkanes) is 1. The van der Waals surface area contributed by atoms with Crippen LogP contribution in [0, 0.1) is 5.82 Å². The number of hydrogen-bond donors (Lipinski definition) is 1. The third-order valence-corrected chi connectivity index (χ3v) is 3.75. The van der Waals surface area contributed by atoms with Gasteiger partial charge in [0.15, 0.2) is 0 Å². The van der Waals surface area contributed by atoms with E-state index in [-0.39, 0.29) is 12.2 Å². The minimum absolute atomic E-state index is 0.193. The number of carbonyl (C=O) groups is 1. The summed E-state index contributed by atoms with van der Waals surface area (Å²) in [5.41, 5.74) is 1.16. The Labute approximate surface area is 119 Å². The summed E-state index contributed by atoms with van der Waals surface area (Å²) in [7, 11) is 0. The molecule has 1 saturated carbocycles. The fraction of sp³-hybridized carbons (Fsp3) is 0.562. The second-order valence-corrected chi connectivity index (χ2v) is 5.49. The van der Waals surface area contributed by atoms with Gasteiger partial charge in [0.25, 0.3) is 0 Å². The van der Waals surface area contributed by atoms with Gasteiger partial charge in [-0.05, 0) is 56.3 Å². The van der Waals surface area contributed by atoms with Gasteiger partial charge in [-0.1, -0.05) is 12.1 Å². The van der Waals surface area contributed by atoms with Crippen LogP contribution in [0.15, 0.2) is 24.3 Å². The van der Waals surface area contributed by atoms with Crippen molar-refractivity contribution in [1.29, 1.82) is 0 Å². The van der Waals surface area contributed by atoms with Crippen molar-refractivity contribution in [3.63, 3.8) is 0 Å². The maximum absolute atomic E-state index is 12.8. The van der Waals surface area contributed by atoms with Crippen LogP contribution in [0.1, 0.15) is 37.7 Å². The molecule has 0 amide bonds. The van der Waals surface area contributed by atoms with Gasteiger partial charge >= 0.3 is 5.97 Å². The smallest absolute Gasteiger partial charge is 0.303 e. The van der Waals surface area contributed by atoms with E-state index in [1.165, 1.54) is 25.0 Å². The molecular weight excluding hydrogens is 257 g/mol. The quantitative estimate of drug-likeness (QED) is 0.706. The average Bonchev–Trinajstić information content (AvgIpc) is 3.24. The van der Waals surface area contributed by atoms with Crippen LogP contribution in [0.5, 0.6) is 0 Å². The standard InChI is InChI=1S/C16H22FNO2/c17-14-6-4-13(5-7-14)10-12-18(15-8-9-15)11-2-1-3-16(19)20/h4-7,15H,1-3,8-12H2,(H,19,20). The summed E-state index contributed by atoms with van der Waals surface area (Å²) < 4.78 is 12.8. The highest BCUT2D eigenvalue weighted by molar-refractivity contribution is 5.66. The molecule has 0 heterocycles. The van der Waals surface area contributed by atoms with E-state index in [1.807, 2.05) is 12.1 Å². The summed E-state index contributed by atoms with van der Waals surface area (Å²) in [4.78, 5) is 12.9. The van der Waals surface area contributed by atoms with Crippen molar-refractivity contribution in [2.24, 2.45) is 0 Å². The lowest BCUT2D eigenvalue weighted by Gasteiger charge is -2.21. The van der Waals surface area contributed by atoms with Crippen molar-refractivity contribution >= 4 is 5.97 Å². The Bertz CT molecular complexity index is 429. The van der Waals surface area contributed by atoms with E-state index in [4.69, 9.17) is 5.11 Å². The molecule has 1 aliphatic carbocycles. The zero-order valence-corrected chi connectivity index (χ0v) is 11.7. The zero-order valence-electron chi connectivity index (χ0n) is 11.7. The number of hydrogen-bond acceptors (Lipinski definition) is 2. The van der Waals surface area contributed by atoms with Crippen LogP contribution in [-0.2, 0) is 11.2 Å². The summed E-state index contributed by atoms with van der Waals surface area (Å²) in [6.07, 6.45) is 5.37. The molecule has 4 heteroatoms. The van der Waals surface area contributed by atoms with Crippen molar-refractivity contribution < 1.29 is 14.3 Å². The van der Waals surface area contributed by atoms with Crippen LogP contribution in [-0.4, -0.2) is 35.1 Å². The molecule has 1 fully saturated rings. The Morgan fingerprint density at radius 2 is 1.90 bits per heavy atom. The Kier molecular flexibility index (Phi) is 5.53. The van der Waals surface area contributed by atoms with Crippen molar-refractivity contribution in [1.82, 2.24) is 4.90 Å². The Balaban J connectivity index is 1.72. The lowest BCUT2D eigenvalue weighted by molar-refractivity contribution is -0.137. The van der Waals surface area contributed by atoms with E-state index >= 15 is 0 Å². The van der Waals surface area contributed by atoms with Gasteiger partial charge < -0.3 is 10.0 Å². The normalized spacial score (nSPS) is 14.7. The van der Waals surface area contributed by atoms with E-state index in [1.54, 1.807) is 0 Å². The molecule has 0 spiro atoms. The molecule has 0 aliphatic heterocycles. The van der Waals surface area contributed by atoms with Gasteiger partial charge in [0.1, 0.15) is 5.82 Å². The first kappa shape index (κ1) is 15.0. The summed E-state index contributed by atoms with van der Waals surface area (Å²) in [6.45, 7) is 1.95. The Hall–Kier alpha value is -1.42. The molecular formula is C16H22FNO2. The molecule has 3 nitrogen and oxygen atoms in total. The number of carboxylic acid groups (broad SMARTS) is 1. The van der Waals surface area contributed by atoms with Gasteiger partial charge in [-0.3, -0.25) is 4.79 Å². The van der Waals surface area contributed by atoms with Gasteiger partial charge in [0, 0.05) is 19.0 Å². The fourth-order valence-corrected chi connectivity index (χ4v) is 2.43. The molecule has 0 bridgehead atoms. The SMILES string of the molecule is O=C(O)CCCCN(CCc1ccc(F)cc1)C1CC1. The van der Waals surface area contributed by atoms with Crippen molar-refractivity contribution in [3.8, 4) is 0 Å². The summed E-state index contributed by atoms with van der Waals surface area (Å²) in [6, 6.07) is 7.36. The Morgan fingerprint density at radius 1 is 1.20 bits per heavy atom. The highest BCUT2D eigenvalue weighted by Crippen LogP contribution is 2.27. The molecule has 1 aliphatic rings. The fourth-order valence-electron chi connectivity index (χ4n) is 2.43. The van der Waals surface area contributed by atoms with Crippen LogP contribution in [0.3, 0.4) is 0 Å². The second kappa shape index (κ2) is 7.39. The van der Waals surface area contributed by atoms with Gasteiger partial charge in [0.2, 0.25) is 0 Å².